The maximum absolute atomic E-state index is 14.7. The van der Waals surface area contributed by atoms with E-state index in [9.17, 15) is 19.1 Å². The van der Waals surface area contributed by atoms with Crippen molar-refractivity contribution < 1.29 is 19.1 Å². The van der Waals surface area contributed by atoms with Crippen molar-refractivity contribution in [3.8, 4) is 10.6 Å². The number of β-amino-alcohol motifs (C(OH)–C–C–N with tert-alkyl or cyclic N) is 1. The van der Waals surface area contributed by atoms with Gasteiger partial charge in [-0.3, -0.25) is 14.5 Å². The third-order valence-electron chi connectivity index (χ3n) is 6.68. The lowest BCUT2D eigenvalue weighted by Gasteiger charge is -2.32. The Bertz CT molecular complexity index is 1250. The van der Waals surface area contributed by atoms with Gasteiger partial charge >= 0.3 is 0 Å². The van der Waals surface area contributed by atoms with Crippen molar-refractivity contribution in [2.24, 2.45) is 0 Å². The van der Waals surface area contributed by atoms with Gasteiger partial charge in [0.2, 0.25) is 11.8 Å². The smallest absolute Gasteiger partial charge is 0.228 e. The molecule has 1 fully saturated rings. The first-order chi connectivity index (χ1) is 16.9. The van der Waals surface area contributed by atoms with Crippen LogP contribution in [0, 0.1) is 5.82 Å². The van der Waals surface area contributed by atoms with Crippen molar-refractivity contribution in [3.05, 3.63) is 70.5 Å². The molecular formula is C26H27FN4O3S. The second-order valence-electron chi connectivity index (χ2n) is 9.23. The number of likely N-dealkylation sites (N-methyl/N-ethyl adjacent to an activating group) is 1. The molecule has 2 amide bonds. The van der Waals surface area contributed by atoms with Crippen LogP contribution >= 0.6 is 11.3 Å². The summed E-state index contributed by atoms with van der Waals surface area (Å²) < 4.78 is 14.7. The number of nitrogens with one attached hydrogen (secondary N) is 1. The monoisotopic (exact) mass is 494 g/mol. The van der Waals surface area contributed by atoms with Crippen LogP contribution in [0.2, 0.25) is 0 Å². The summed E-state index contributed by atoms with van der Waals surface area (Å²) >= 11 is 1.43. The molecule has 7 nitrogen and oxygen atoms in total. The van der Waals surface area contributed by atoms with Gasteiger partial charge < -0.3 is 15.3 Å². The van der Waals surface area contributed by atoms with Gasteiger partial charge in [-0.25, -0.2) is 9.37 Å². The average Bonchev–Trinajstić information content (AvgIpc) is 3.57. The number of aliphatic hydroxyl groups excluding tert-OH is 1. The summed E-state index contributed by atoms with van der Waals surface area (Å²) in [5.74, 6) is -0.538. The Balaban J connectivity index is 1.41. The van der Waals surface area contributed by atoms with Crippen molar-refractivity contribution in [2.45, 2.75) is 31.4 Å². The second-order valence-corrected chi connectivity index (χ2v) is 10.1. The average molecular weight is 495 g/mol. The Labute approximate surface area is 207 Å². The Morgan fingerprint density at radius 2 is 2.20 bits per heavy atom. The molecule has 0 spiro atoms. The molecule has 0 unspecified atom stereocenters. The van der Waals surface area contributed by atoms with E-state index < -0.39 is 12.1 Å². The summed E-state index contributed by atoms with van der Waals surface area (Å²) in [4.78, 5) is 33.1. The third kappa shape index (κ3) is 5.27. The summed E-state index contributed by atoms with van der Waals surface area (Å²) in [6.07, 6.45) is 2.49. The van der Waals surface area contributed by atoms with Crippen LogP contribution in [0.5, 0.6) is 0 Å². The number of halogens is 1. The normalized spacial score (nSPS) is 18.4. The minimum atomic E-state index is -0.406. The van der Waals surface area contributed by atoms with Crippen LogP contribution in [-0.4, -0.2) is 64.5 Å². The van der Waals surface area contributed by atoms with E-state index in [4.69, 9.17) is 0 Å². The molecule has 2 aliphatic rings. The Morgan fingerprint density at radius 3 is 2.94 bits per heavy atom. The van der Waals surface area contributed by atoms with Gasteiger partial charge in [-0.2, -0.15) is 0 Å². The van der Waals surface area contributed by atoms with Gasteiger partial charge in [0.15, 0.2) is 0 Å². The lowest BCUT2D eigenvalue weighted by molar-refractivity contribution is -0.131. The number of benzene rings is 2. The molecule has 0 bridgehead atoms. The number of likely N-dealkylation sites (tertiary alicyclic amines) is 1. The van der Waals surface area contributed by atoms with Crippen molar-refractivity contribution in [1.82, 2.24) is 14.8 Å². The summed E-state index contributed by atoms with van der Waals surface area (Å²) in [6.45, 7) is 1.73. The molecule has 35 heavy (non-hydrogen) atoms. The Hall–Kier alpha value is -3.14. The highest BCUT2D eigenvalue weighted by Crippen LogP contribution is 2.31. The molecule has 0 saturated carbocycles. The molecule has 9 heteroatoms. The van der Waals surface area contributed by atoms with Gasteiger partial charge in [0.1, 0.15) is 10.8 Å². The van der Waals surface area contributed by atoms with E-state index in [1.807, 2.05) is 29.6 Å². The van der Waals surface area contributed by atoms with Crippen LogP contribution < -0.4 is 5.32 Å². The lowest BCUT2D eigenvalue weighted by atomic mass is 10.0. The molecule has 2 N–H and O–H groups in total. The fourth-order valence-corrected chi connectivity index (χ4v) is 5.44. The molecule has 3 aromatic rings. The Morgan fingerprint density at radius 1 is 1.34 bits per heavy atom. The molecule has 1 saturated heterocycles. The summed E-state index contributed by atoms with van der Waals surface area (Å²) in [5, 5.41) is 15.4. The predicted octanol–water partition coefficient (Wildman–Crippen LogP) is 3.25. The first kappa shape index (κ1) is 23.6. The van der Waals surface area contributed by atoms with Gasteiger partial charge in [0.25, 0.3) is 0 Å². The van der Waals surface area contributed by atoms with E-state index in [1.165, 1.54) is 23.5 Å². The molecule has 2 atom stereocenters. The molecule has 2 aliphatic heterocycles. The number of carbonyl (C=O) groups is 2. The predicted molar refractivity (Wildman–Crippen MR) is 133 cm³/mol. The molecule has 0 radical (unpaired) electrons. The number of aromatic nitrogens is 1. The summed E-state index contributed by atoms with van der Waals surface area (Å²) in [5.41, 5.74) is 3.86. The number of carbonyl (C=O) groups excluding carboxylic acids is 2. The highest BCUT2D eigenvalue weighted by molar-refractivity contribution is 7.13. The van der Waals surface area contributed by atoms with Gasteiger partial charge in [-0.05, 0) is 47.4 Å². The van der Waals surface area contributed by atoms with Crippen molar-refractivity contribution in [1.29, 1.82) is 0 Å². The zero-order valence-electron chi connectivity index (χ0n) is 19.4. The largest absolute Gasteiger partial charge is 0.392 e. The fourth-order valence-electron chi connectivity index (χ4n) is 4.81. The van der Waals surface area contributed by atoms with Gasteiger partial charge in [0, 0.05) is 49.5 Å². The molecule has 2 aromatic carbocycles. The number of hydrogen-bond acceptors (Lipinski definition) is 6. The van der Waals surface area contributed by atoms with Crippen LogP contribution in [0.3, 0.4) is 0 Å². The topological polar surface area (TPSA) is 85.8 Å². The third-order valence-corrected chi connectivity index (χ3v) is 7.50. The van der Waals surface area contributed by atoms with E-state index in [1.54, 1.807) is 18.1 Å². The zero-order chi connectivity index (χ0) is 24.5. The Kier molecular flexibility index (Phi) is 6.64. The molecule has 5 rings (SSSR count). The number of rotatable bonds is 7. The maximum Gasteiger partial charge on any atom is 0.228 e. The van der Waals surface area contributed by atoms with Gasteiger partial charge in [-0.15, -0.1) is 11.3 Å². The van der Waals surface area contributed by atoms with Crippen LogP contribution in [0.25, 0.3) is 10.6 Å². The maximum atomic E-state index is 14.7. The molecule has 0 aliphatic carbocycles. The van der Waals surface area contributed by atoms with Crippen LogP contribution in [0.15, 0.2) is 48.0 Å². The van der Waals surface area contributed by atoms with Crippen molar-refractivity contribution in [2.75, 3.05) is 32.0 Å². The number of anilines is 1. The molecular weight excluding hydrogens is 467 g/mol. The first-order valence-electron chi connectivity index (χ1n) is 11.6. The molecule has 3 heterocycles. The van der Waals surface area contributed by atoms with E-state index in [2.05, 4.69) is 15.2 Å². The number of thiazole rings is 1. The summed E-state index contributed by atoms with van der Waals surface area (Å²) in [7, 11) is 1.74. The van der Waals surface area contributed by atoms with Gasteiger partial charge in [0.05, 0.1) is 25.0 Å². The van der Waals surface area contributed by atoms with Crippen LogP contribution in [-0.2, 0) is 22.4 Å². The van der Waals surface area contributed by atoms with Crippen molar-refractivity contribution >= 4 is 28.8 Å². The number of nitrogens with zero attached hydrogens (tertiary/aromatic N) is 3. The van der Waals surface area contributed by atoms with E-state index in [-0.39, 0.29) is 24.1 Å². The fraction of sp³-hybridized carbons (Fsp3) is 0.346. The second kappa shape index (κ2) is 9.85. The molecule has 182 valence electrons. The van der Waals surface area contributed by atoms with Gasteiger partial charge in [-0.1, -0.05) is 12.1 Å². The number of amides is 2. The van der Waals surface area contributed by atoms with E-state index in [0.717, 1.165) is 28.4 Å². The number of hydrogen-bond donors (Lipinski definition) is 2. The SMILES string of the molecule is CN(C(=O)Cc1ccc2c(c1)NC(=O)C2)[C@H](CN1CC[C@H](O)C1)c1cc(F)cc(-c2nccs2)c1. The van der Waals surface area contributed by atoms with E-state index in [0.29, 0.717) is 37.1 Å². The number of fused-ring (bicyclic) bond motifs is 1. The minimum Gasteiger partial charge on any atom is -0.392 e. The quantitative estimate of drug-likeness (QED) is 0.527. The van der Waals surface area contributed by atoms with Crippen molar-refractivity contribution in [3.63, 3.8) is 0 Å². The highest BCUT2D eigenvalue weighted by atomic mass is 32.1. The number of aliphatic hydroxyl groups is 1. The first-order valence-corrected chi connectivity index (χ1v) is 12.5. The lowest BCUT2D eigenvalue weighted by Crippen LogP contribution is -2.39. The van der Waals surface area contributed by atoms with E-state index >= 15 is 0 Å². The van der Waals surface area contributed by atoms with Crippen LogP contribution in [0.1, 0.15) is 29.2 Å². The highest BCUT2D eigenvalue weighted by Gasteiger charge is 2.29. The summed E-state index contributed by atoms with van der Waals surface area (Å²) in [6, 6.07) is 10.0. The minimum absolute atomic E-state index is 0.0457. The zero-order valence-corrected chi connectivity index (χ0v) is 20.2. The van der Waals surface area contributed by atoms with Crippen LogP contribution in [0.4, 0.5) is 10.1 Å². The standard InChI is InChI=1S/C26H27FN4O3S/c1-30(25(34)9-16-2-3-17-13-24(33)29-22(17)8-16)23(15-31-6-4-21(32)14-31)18-10-19(12-20(27)11-18)26-28-5-7-35-26/h2-3,5,7-8,10-12,21,23,32H,4,6,9,13-15H2,1H3,(H,29,33)/t21-,23+/m0/s1. The molecule has 1 aromatic heterocycles.